The minimum atomic E-state index is -3.94. The summed E-state index contributed by atoms with van der Waals surface area (Å²) in [7, 11) is 0.504. The van der Waals surface area contributed by atoms with Crippen molar-refractivity contribution in [2.45, 2.75) is 4.90 Å². The fourth-order valence-corrected chi connectivity index (χ4v) is 4.29. The lowest BCUT2D eigenvalue weighted by atomic mass is 10.2. The summed E-state index contributed by atoms with van der Waals surface area (Å²) in [4.78, 5) is 24.7. The Morgan fingerprint density at radius 1 is 1.12 bits per heavy atom. The molecule has 0 saturated carbocycles. The highest BCUT2D eigenvalue weighted by Crippen LogP contribution is 2.25. The van der Waals surface area contributed by atoms with E-state index < -0.39 is 16.0 Å². The summed E-state index contributed by atoms with van der Waals surface area (Å²) in [5, 5.41) is 1.50. The van der Waals surface area contributed by atoms with Gasteiger partial charge in [-0.25, -0.2) is 13.2 Å². The summed E-state index contributed by atoms with van der Waals surface area (Å²) in [6, 6.07) is 7.35. The normalized spacial score (nSPS) is 11.0. The monoisotopic (exact) mass is 368 g/mol. The number of anilines is 1. The first kappa shape index (κ1) is 18.0. The molecule has 1 heterocycles. The minimum absolute atomic E-state index is 0.00408. The molecule has 0 aliphatic heterocycles. The SMILES string of the molecule is COC(=O)c1sccc1S(=O)(=O)Nc1ccc(C(=O)N(C)C)cc1. The quantitative estimate of drug-likeness (QED) is 0.815. The van der Waals surface area contributed by atoms with Crippen molar-refractivity contribution in [2.75, 3.05) is 25.9 Å². The van der Waals surface area contributed by atoms with Crippen LogP contribution in [0.3, 0.4) is 0 Å². The summed E-state index contributed by atoms with van der Waals surface area (Å²) in [6.45, 7) is 0. The molecule has 1 amide bonds. The molecule has 7 nitrogen and oxygen atoms in total. The molecular weight excluding hydrogens is 352 g/mol. The number of methoxy groups -OCH3 is 1. The molecule has 2 aromatic rings. The number of carbonyl (C=O) groups is 2. The van der Waals surface area contributed by atoms with Gasteiger partial charge in [-0.15, -0.1) is 11.3 Å². The molecule has 2 rings (SSSR count). The van der Waals surface area contributed by atoms with E-state index in [0.29, 0.717) is 5.56 Å². The molecule has 1 aromatic carbocycles. The number of hydrogen-bond acceptors (Lipinski definition) is 6. The van der Waals surface area contributed by atoms with Gasteiger partial charge in [0, 0.05) is 25.3 Å². The lowest BCUT2D eigenvalue weighted by Gasteiger charge is -2.11. The number of ether oxygens (including phenoxy) is 1. The van der Waals surface area contributed by atoms with Crippen molar-refractivity contribution in [2.24, 2.45) is 0 Å². The number of esters is 1. The van der Waals surface area contributed by atoms with Crippen LogP contribution in [0.25, 0.3) is 0 Å². The largest absolute Gasteiger partial charge is 0.465 e. The molecule has 0 aliphatic rings. The summed E-state index contributed by atoms with van der Waals surface area (Å²) in [5.74, 6) is -0.896. The Morgan fingerprint density at radius 2 is 1.75 bits per heavy atom. The van der Waals surface area contributed by atoms with Crippen LogP contribution in [0, 0.1) is 0 Å². The van der Waals surface area contributed by atoms with E-state index in [0.717, 1.165) is 11.3 Å². The molecule has 0 bridgehead atoms. The van der Waals surface area contributed by atoms with Crippen LogP contribution < -0.4 is 4.72 Å². The standard InChI is InChI=1S/C15H16N2O5S2/c1-17(2)14(18)10-4-6-11(7-5-10)16-24(20,21)12-8-9-23-13(12)15(19)22-3/h4-9,16H,1-3H3. The van der Waals surface area contributed by atoms with Gasteiger partial charge in [-0.1, -0.05) is 0 Å². The van der Waals surface area contributed by atoms with Crippen molar-refractivity contribution in [1.82, 2.24) is 4.90 Å². The predicted molar refractivity (Wildman–Crippen MR) is 90.9 cm³/mol. The zero-order chi connectivity index (χ0) is 17.9. The van der Waals surface area contributed by atoms with Crippen LogP contribution in [-0.2, 0) is 14.8 Å². The smallest absolute Gasteiger partial charge is 0.349 e. The van der Waals surface area contributed by atoms with Gasteiger partial charge in [-0.05, 0) is 35.7 Å². The highest BCUT2D eigenvalue weighted by Gasteiger charge is 2.24. The Kier molecular flexibility index (Phi) is 5.25. The molecule has 0 radical (unpaired) electrons. The van der Waals surface area contributed by atoms with Gasteiger partial charge in [0.2, 0.25) is 0 Å². The summed E-state index contributed by atoms with van der Waals surface area (Å²) in [6.07, 6.45) is 0. The molecule has 0 fully saturated rings. The van der Waals surface area contributed by atoms with Crippen LogP contribution in [0.1, 0.15) is 20.0 Å². The average molecular weight is 368 g/mol. The van der Waals surface area contributed by atoms with E-state index in [-0.39, 0.29) is 21.4 Å². The Bertz CT molecular complexity index is 854. The van der Waals surface area contributed by atoms with Gasteiger partial charge in [0.15, 0.2) is 0 Å². The molecule has 24 heavy (non-hydrogen) atoms. The van der Waals surface area contributed by atoms with E-state index in [4.69, 9.17) is 0 Å². The lowest BCUT2D eigenvalue weighted by molar-refractivity contribution is 0.0602. The molecule has 1 aromatic heterocycles. The number of carbonyl (C=O) groups excluding carboxylic acids is 2. The highest BCUT2D eigenvalue weighted by atomic mass is 32.2. The first-order valence-corrected chi connectivity index (χ1v) is 9.13. The number of rotatable bonds is 5. The van der Waals surface area contributed by atoms with Crippen LogP contribution >= 0.6 is 11.3 Å². The van der Waals surface area contributed by atoms with Gasteiger partial charge in [0.1, 0.15) is 9.77 Å². The maximum atomic E-state index is 12.4. The molecule has 0 unspecified atom stereocenters. The second-order valence-corrected chi connectivity index (χ2v) is 7.55. The number of benzene rings is 1. The third-order valence-corrected chi connectivity index (χ3v) is 5.53. The number of amides is 1. The average Bonchev–Trinajstić information content (AvgIpc) is 3.04. The zero-order valence-corrected chi connectivity index (χ0v) is 14.9. The van der Waals surface area contributed by atoms with Gasteiger partial charge < -0.3 is 9.64 Å². The second-order valence-electron chi connectivity index (χ2n) is 4.99. The number of nitrogens with zero attached hydrogens (tertiary/aromatic N) is 1. The highest BCUT2D eigenvalue weighted by molar-refractivity contribution is 7.93. The number of nitrogens with one attached hydrogen (secondary N) is 1. The molecule has 128 valence electrons. The van der Waals surface area contributed by atoms with E-state index in [1.54, 1.807) is 14.1 Å². The van der Waals surface area contributed by atoms with Crippen molar-refractivity contribution in [3.8, 4) is 0 Å². The Hall–Kier alpha value is -2.39. The fraction of sp³-hybridized carbons (Fsp3) is 0.200. The van der Waals surface area contributed by atoms with Crippen molar-refractivity contribution >= 4 is 38.9 Å². The summed E-state index contributed by atoms with van der Waals surface area (Å²) < 4.78 is 31.9. The minimum Gasteiger partial charge on any atom is -0.465 e. The fourth-order valence-electron chi connectivity index (χ4n) is 1.90. The van der Waals surface area contributed by atoms with E-state index in [9.17, 15) is 18.0 Å². The Labute approximate surface area is 143 Å². The Morgan fingerprint density at radius 3 is 2.29 bits per heavy atom. The van der Waals surface area contributed by atoms with Crippen molar-refractivity contribution < 1.29 is 22.7 Å². The van der Waals surface area contributed by atoms with Crippen LogP contribution in [0.2, 0.25) is 0 Å². The van der Waals surface area contributed by atoms with Gasteiger partial charge in [0.25, 0.3) is 15.9 Å². The third kappa shape index (κ3) is 3.74. The van der Waals surface area contributed by atoms with Gasteiger partial charge in [-0.2, -0.15) is 0 Å². The topological polar surface area (TPSA) is 92.8 Å². The maximum Gasteiger partial charge on any atom is 0.349 e. The third-order valence-electron chi connectivity index (χ3n) is 3.08. The van der Waals surface area contributed by atoms with Crippen LogP contribution in [0.15, 0.2) is 40.6 Å². The van der Waals surface area contributed by atoms with Crippen LogP contribution in [-0.4, -0.2) is 46.4 Å². The molecule has 0 spiro atoms. The Balaban J connectivity index is 2.26. The van der Waals surface area contributed by atoms with E-state index in [1.807, 2.05) is 0 Å². The van der Waals surface area contributed by atoms with Gasteiger partial charge >= 0.3 is 5.97 Å². The van der Waals surface area contributed by atoms with Gasteiger partial charge in [0.05, 0.1) is 7.11 Å². The molecular formula is C15H16N2O5S2. The summed E-state index contributed by atoms with van der Waals surface area (Å²) in [5.41, 5.74) is 0.723. The lowest BCUT2D eigenvalue weighted by Crippen LogP contribution is -2.21. The van der Waals surface area contributed by atoms with Crippen molar-refractivity contribution in [3.05, 3.63) is 46.2 Å². The first-order valence-electron chi connectivity index (χ1n) is 6.76. The number of hydrogen-bond donors (Lipinski definition) is 1. The maximum absolute atomic E-state index is 12.4. The van der Waals surface area contributed by atoms with Gasteiger partial charge in [-0.3, -0.25) is 9.52 Å². The number of sulfonamides is 1. The molecule has 0 atom stereocenters. The molecule has 9 heteroatoms. The number of thiophene rings is 1. The van der Waals surface area contributed by atoms with Crippen molar-refractivity contribution in [3.63, 3.8) is 0 Å². The zero-order valence-electron chi connectivity index (χ0n) is 13.3. The second kappa shape index (κ2) is 7.02. The molecule has 0 saturated heterocycles. The van der Waals surface area contributed by atoms with E-state index in [2.05, 4.69) is 9.46 Å². The van der Waals surface area contributed by atoms with Crippen LogP contribution in [0.4, 0.5) is 5.69 Å². The van der Waals surface area contributed by atoms with Crippen LogP contribution in [0.5, 0.6) is 0 Å². The first-order chi connectivity index (χ1) is 11.3. The molecule has 1 N–H and O–H groups in total. The van der Waals surface area contributed by atoms with E-state index >= 15 is 0 Å². The summed E-state index contributed by atoms with van der Waals surface area (Å²) >= 11 is 0.985. The van der Waals surface area contributed by atoms with Crippen molar-refractivity contribution in [1.29, 1.82) is 0 Å². The predicted octanol–water partition coefficient (Wildman–Crippen LogP) is 2.04. The van der Waals surface area contributed by atoms with E-state index in [1.165, 1.54) is 47.7 Å². The molecule has 0 aliphatic carbocycles.